The second-order valence-electron chi connectivity index (χ2n) is 8.27. The SMILES string of the molecule is CCCC(CCC)c1cc(NCc2cccnc2)n2ncc(Br)c2n1.CCc1ccccc1O. The number of pyridine rings is 1. The van der Waals surface area contributed by atoms with Crippen LogP contribution < -0.4 is 5.32 Å². The van der Waals surface area contributed by atoms with Crippen molar-refractivity contribution in [3.63, 3.8) is 0 Å². The molecule has 3 aromatic heterocycles. The summed E-state index contributed by atoms with van der Waals surface area (Å²) in [4.78, 5) is 9.06. The third kappa shape index (κ3) is 6.79. The van der Waals surface area contributed by atoms with Crippen molar-refractivity contribution in [1.82, 2.24) is 19.6 Å². The van der Waals surface area contributed by atoms with E-state index in [9.17, 15) is 0 Å². The van der Waals surface area contributed by atoms with Gasteiger partial charge < -0.3 is 10.4 Å². The first-order valence-electron chi connectivity index (χ1n) is 12.0. The third-order valence-corrected chi connectivity index (χ3v) is 6.27. The number of nitrogens with one attached hydrogen (secondary N) is 1. The Balaban J connectivity index is 0.000000302. The van der Waals surface area contributed by atoms with Gasteiger partial charge in [-0.15, -0.1) is 0 Å². The van der Waals surface area contributed by atoms with Crippen molar-refractivity contribution in [1.29, 1.82) is 0 Å². The molecular weight excluding hydrogens is 490 g/mol. The molecule has 34 heavy (non-hydrogen) atoms. The summed E-state index contributed by atoms with van der Waals surface area (Å²) in [6.45, 7) is 7.19. The molecule has 180 valence electrons. The summed E-state index contributed by atoms with van der Waals surface area (Å²) < 4.78 is 2.78. The van der Waals surface area contributed by atoms with E-state index in [0.29, 0.717) is 18.2 Å². The minimum absolute atomic E-state index is 0.403. The van der Waals surface area contributed by atoms with E-state index in [1.807, 2.05) is 41.9 Å². The fraction of sp³-hybridized carbons (Fsp3) is 0.370. The molecule has 7 heteroatoms. The lowest BCUT2D eigenvalue weighted by Gasteiger charge is -2.17. The normalized spacial score (nSPS) is 10.9. The number of hydrogen-bond donors (Lipinski definition) is 2. The molecule has 0 spiro atoms. The monoisotopic (exact) mass is 523 g/mol. The number of fused-ring (bicyclic) bond motifs is 1. The van der Waals surface area contributed by atoms with Gasteiger partial charge in [0.1, 0.15) is 11.6 Å². The second-order valence-corrected chi connectivity index (χ2v) is 9.12. The quantitative estimate of drug-likeness (QED) is 0.244. The molecule has 0 bridgehead atoms. The summed E-state index contributed by atoms with van der Waals surface area (Å²) in [5.41, 5.74) is 4.16. The first kappa shape index (κ1) is 25.7. The van der Waals surface area contributed by atoms with E-state index in [-0.39, 0.29) is 0 Å². The van der Waals surface area contributed by atoms with Gasteiger partial charge in [-0.3, -0.25) is 4.98 Å². The number of aromatic hydroxyl groups is 1. The maximum atomic E-state index is 9.11. The maximum Gasteiger partial charge on any atom is 0.171 e. The van der Waals surface area contributed by atoms with Gasteiger partial charge in [-0.1, -0.05) is 57.9 Å². The zero-order valence-corrected chi connectivity index (χ0v) is 21.8. The van der Waals surface area contributed by atoms with E-state index in [1.54, 1.807) is 18.5 Å². The molecule has 1 aromatic carbocycles. The van der Waals surface area contributed by atoms with Gasteiger partial charge >= 0.3 is 0 Å². The predicted octanol–water partition coefficient (Wildman–Crippen LogP) is 7.14. The Morgan fingerprint density at radius 2 is 1.79 bits per heavy atom. The topological polar surface area (TPSA) is 75.3 Å². The lowest BCUT2D eigenvalue weighted by atomic mass is 9.94. The molecular formula is C27H34BrN5O. The highest BCUT2D eigenvalue weighted by Gasteiger charge is 2.16. The molecule has 2 N–H and O–H groups in total. The van der Waals surface area contributed by atoms with Crippen molar-refractivity contribution in [2.24, 2.45) is 0 Å². The van der Waals surface area contributed by atoms with Crippen molar-refractivity contribution in [2.75, 3.05) is 5.32 Å². The fourth-order valence-electron chi connectivity index (χ4n) is 3.93. The largest absolute Gasteiger partial charge is 0.508 e. The van der Waals surface area contributed by atoms with Gasteiger partial charge in [-0.25, -0.2) is 4.98 Å². The summed E-state index contributed by atoms with van der Waals surface area (Å²) in [6.07, 6.45) is 11.0. The van der Waals surface area contributed by atoms with Crippen molar-refractivity contribution in [3.8, 4) is 5.75 Å². The summed E-state index contributed by atoms with van der Waals surface area (Å²) >= 11 is 3.57. The zero-order chi connectivity index (χ0) is 24.3. The van der Waals surface area contributed by atoms with Crippen LogP contribution >= 0.6 is 15.9 Å². The number of benzene rings is 1. The summed E-state index contributed by atoms with van der Waals surface area (Å²) in [7, 11) is 0. The van der Waals surface area contributed by atoms with Crippen molar-refractivity contribution in [2.45, 2.75) is 65.3 Å². The molecule has 0 amide bonds. The van der Waals surface area contributed by atoms with Crippen molar-refractivity contribution in [3.05, 3.63) is 82.3 Å². The molecule has 4 aromatic rings. The number of nitrogens with zero attached hydrogens (tertiary/aromatic N) is 4. The van der Waals surface area contributed by atoms with Gasteiger partial charge in [0, 0.05) is 36.6 Å². The third-order valence-electron chi connectivity index (χ3n) is 5.71. The number of anilines is 1. The predicted molar refractivity (Wildman–Crippen MR) is 142 cm³/mol. The first-order valence-corrected chi connectivity index (χ1v) is 12.8. The van der Waals surface area contributed by atoms with Crippen LogP contribution in [0.1, 0.15) is 69.2 Å². The van der Waals surface area contributed by atoms with Crippen LogP contribution in [0.5, 0.6) is 5.75 Å². The van der Waals surface area contributed by atoms with Crippen LogP contribution in [0.2, 0.25) is 0 Å². The Hall–Kier alpha value is -2.93. The Bertz CT molecular complexity index is 1160. The van der Waals surface area contributed by atoms with Crippen molar-refractivity contribution < 1.29 is 5.11 Å². The minimum Gasteiger partial charge on any atom is -0.508 e. The second kappa shape index (κ2) is 13.1. The number of halogens is 1. The highest BCUT2D eigenvalue weighted by Crippen LogP contribution is 2.29. The van der Waals surface area contributed by atoms with E-state index in [0.717, 1.165) is 64.9 Å². The van der Waals surface area contributed by atoms with Gasteiger partial charge in [-0.05, 0) is 58.5 Å². The molecule has 0 aliphatic rings. The number of aryl methyl sites for hydroxylation is 1. The number of phenolic OH excluding ortho intramolecular Hbond substituents is 1. The lowest BCUT2D eigenvalue weighted by molar-refractivity contribution is 0.469. The molecule has 6 nitrogen and oxygen atoms in total. The number of aromatic nitrogens is 4. The standard InChI is InChI=1S/C19H24BrN5.C8H10O/c1-3-6-15(7-4-2)17-10-18(22-12-14-8-5-9-21-11-14)25-19(24-17)16(20)13-23-25;1-2-7-5-3-4-6-8(7)9/h5,8-11,13,15,22H,3-4,6-7,12H2,1-2H3;3-6,9H,2H2,1H3. The molecule has 0 saturated heterocycles. The van der Waals surface area contributed by atoms with Crippen LogP contribution in [-0.4, -0.2) is 24.7 Å². The highest BCUT2D eigenvalue weighted by molar-refractivity contribution is 9.10. The molecule has 0 fully saturated rings. The molecule has 0 aliphatic heterocycles. The minimum atomic E-state index is 0.403. The van der Waals surface area contributed by atoms with Crippen LogP contribution in [0, 0.1) is 0 Å². The van der Waals surface area contributed by atoms with Crippen LogP contribution in [0.15, 0.2) is 65.5 Å². The van der Waals surface area contributed by atoms with Crippen LogP contribution in [0.3, 0.4) is 0 Å². The number of para-hydroxylation sites is 1. The fourth-order valence-corrected chi connectivity index (χ4v) is 4.28. The molecule has 0 atom stereocenters. The molecule has 4 rings (SSSR count). The van der Waals surface area contributed by atoms with E-state index in [4.69, 9.17) is 10.1 Å². The van der Waals surface area contributed by atoms with Crippen LogP contribution in [0.4, 0.5) is 5.82 Å². The average Bonchev–Trinajstić information content (AvgIpc) is 3.24. The van der Waals surface area contributed by atoms with Crippen LogP contribution in [-0.2, 0) is 13.0 Å². The highest BCUT2D eigenvalue weighted by atomic mass is 79.9. The van der Waals surface area contributed by atoms with Crippen molar-refractivity contribution >= 4 is 27.4 Å². The Morgan fingerprint density at radius 3 is 2.41 bits per heavy atom. The Labute approximate surface area is 210 Å². The lowest BCUT2D eigenvalue weighted by Crippen LogP contribution is -2.10. The molecule has 0 radical (unpaired) electrons. The molecule has 0 aliphatic carbocycles. The average molecular weight is 525 g/mol. The first-order chi connectivity index (χ1) is 16.6. The molecule has 3 heterocycles. The number of rotatable bonds is 9. The van der Waals surface area contributed by atoms with Gasteiger partial charge in [0.25, 0.3) is 0 Å². The van der Waals surface area contributed by atoms with Crippen LogP contribution in [0.25, 0.3) is 5.65 Å². The van der Waals surface area contributed by atoms with Gasteiger partial charge in [0.05, 0.1) is 10.7 Å². The van der Waals surface area contributed by atoms with Gasteiger partial charge in [0.2, 0.25) is 0 Å². The van der Waals surface area contributed by atoms with Gasteiger partial charge in [-0.2, -0.15) is 9.61 Å². The van der Waals surface area contributed by atoms with E-state index >= 15 is 0 Å². The van der Waals surface area contributed by atoms with Gasteiger partial charge in [0.15, 0.2) is 5.65 Å². The molecule has 0 unspecified atom stereocenters. The Kier molecular flexibility index (Phi) is 9.89. The van der Waals surface area contributed by atoms with E-state index in [1.165, 1.54) is 0 Å². The van der Waals surface area contributed by atoms with E-state index in [2.05, 4.69) is 57.3 Å². The molecule has 0 saturated carbocycles. The number of hydrogen-bond acceptors (Lipinski definition) is 5. The van der Waals surface area contributed by atoms with E-state index < -0.39 is 0 Å². The Morgan fingerprint density at radius 1 is 1.03 bits per heavy atom. The zero-order valence-electron chi connectivity index (χ0n) is 20.2. The number of phenols is 1. The summed E-state index contributed by atoms with van der Waals surface area (Å²) in [6, 6.07) is 13.6. The maximum absolute atomic E-state index is 9.11. The smallest absolute Gasteiger partial charge is 0.171 e. The summed E-state index contributed by atoms with van der Waals surface area (Å²) in [5, 5.41) is 17.1. The summed E-state index contributed by atoms with van der Waals surface area (Å²) in [5.74, 6) is 1.85.